The minimum absolute atomic E-state index is 0.159. The predicted octanol–water partition coefficient (Wildman–Crippen LogP) is 3.82. The highest BCUT2D eigenvalue weighted by Gasteiger charge is 2.09. The summed E-state index contributed by atoms with van der Waals surface area (Å²) in [6, 6.07) is 6.31. The van der Waals surface area contributed by atoms with Crippen LogP contribution in [-0.4, -0.2) is 11.0 Å². The van der Waals surface area contributed by atoms with Crippen LogP contribution in [-0.2, 0) is 13.0 Å². The van der Waals surface area contributed by atoms with E-state index < -0.39 is 0 Å². The Kier molecular flexibility index (Phi) is 5.21. The van der Waals surface area contributed by atoms with Gasteiger partial charge in [-0.15, -0.1) is 0 Å². The number of hydrogen-bond acceptors (Lipinski definition) is 3. The van der Waals surface area contributed by atoms with Gasteiger partial charge >= 0.3 is 0 Å². The molecule has 0 aliphatic carbocycles. The summed E-state index contributed by atoms with van der Waals surface area (Å²) in [6.07, 6.45) is 4.22. The van der Waals surface area contributed by atoms with Crippen molar-refractivity contribution in [2.45, 2.75) is 39.8 Å². The molecular weight excluding hydrogens is 284 g/mol. The first-order valence-electron chi connectivity index (χ1n) is 7.04. The Balaban J connectivity index is 2.15. The van der Waals surface area contributed by atoms with Gasteiger partial charge < -0.3 is 10.5 Å². The first-order chi connectivity index (χ1) is 9.97. The fraction of sp³-hybridized carbons (Fsp3) is 0.353. The number of rotatable bonds is 5. The lowest BCUT2D eigenvalue weighted by Crippen LogP contribution is -2.18. The van der Waals surface area contributed by atoms with E-state index in [9.17, 15) is 0 Å². The molecular formula is C17H21ClN2O. The van der Waals surface area contributed by atoms with Gasteiger partial charge in [-0.3, -0.25) is 4.98 Å². The number of nitrogens with two attached hydrogens (primary N) is 1. The third kappa shape index (κ3) is 4.19. The van der Waals surface area contributed by atoms with E-state index in [0.717, 1.165) is 28.9 Å². The van der Waals surface area contributed by atoms with Crippen LogP contribution >= 0.6 is 11.6 Å². The van der Waals surface area contributed by atoms with Crippen molar-refractivity contribution in [2.75, 3.05) is 0 Å². The summed E-state index contributed by atoms with van der Waals surface area (Å²) < 4.78 is 5.95. The van der Waals surface area contributed by atoms with Gasteiger partial charge in [0.15, 0.2) is 0 Å². The molecule has 0 saturated heterocycles. The third-order valence-electron chi connectivity index (χ3n) is 3.31. The molecule has 1 unspecified atom stereocenters. The zero-order chi connectivity index (χ0) is 15.4. The summed E-state index contributed by atoms with van der Waals surface area (Å²) in [6.45, 7) is 6.57. The van der Waals surface area contributed by atoms with Crippen molar-refractivity contribution < 1.29 is 4.74 Å². The molecule has 2 N–H and O–H groups in total. The van der Waals surface area contributed by atoms with Crippen LogP contribution in [0.2, 0.25) is 5.02 Å². The van der Waals surface area contributed by atoms with E-state index in [4.69, 9.17) is 22.1 Å². The van der Waals surface area contributed by atoms with Crippen LogP contribution in [0.3, 0.4) is 0 Å². The summed E-state index contributed by atoms with van der Waals surface area (Å²) in [5.41, 5.74) is 10.3. The second-order valence-electron chi connectivity index (χ2n) is 5.50. The molecule has 1 heterocycles. The quantitative estimate of drug-likeness (QED) is 0.913. The van der Waals surface area contributed by atoms with Crippen molar-refractivity contribution >= 4 is 11.6 Å². The molecule has 4 heteroatoms. The molecule has 0 aliphatic heterocycles. The lowest BCUT2D eigenvalue weighted by atomic mass is 10.0. The molecule has 0 saturated carbocycles. The lowest BCUT2D eigenvalue weighted by Gasteiger charge is -2.15. The van der Waals surface area contributed by atoms with E-state index in [1.54, 1.807) is 12.4 Å². The maximum Gasteiger partial charge on any atom is 0.125 e. The standard InChI is InChI=1S/C17H21ClN2O/c1-11-6-14(8-13(3)19)7-12(2)17(11)21-10-15-4-5-20-9-16(15)18/h4-7,9,13H,8,10,19H2,1-3H3. The Morgan fingerprint density at radius 2 is 1.95 bits per heavy atom. The van der Waals surface area contributed by atoms with Crippen molar-refractivity contribution in [1.82, 2.24) is 4.98 Å². The van der Waals surface area contributed by atoms with Crippen LogP contribution in [0, 0.1) is 13.8 Å². The van der Waals surface area contributed by atoms with Gasteiger partial charge in [0.2, 0.25) is 0 Å². The monoisotopic (exact) mass is 304 g/mol. The molecule has 0 spiro atoms. The van der Waals surface area contributed by atoms with Crippen LogP contribution in [0.5, 0.6) is 5.75 Å². The van der Waals surface area contributed by atoms with Crippen molar-refractivity contribution in [1.29, 1.82) is 0 Å². The minimum atomic E-state index is 0.159. The number of nitrogens with zero attached hydrogens (tertiary/aromatic N) is 1. The Bertz CT molecular complexity index is 603. The highest BCUT2D eigenvalue weighted by Crippen LogP contribution is 2.27. The highest BCUT2D eigenvalue weighted by molar-refractivity contribution is 6.31. The molecule has 0 aliphatic rings. The van der Waals surface area contributed by atoms with Crippen LogP contribution in [0.4, 0.5) is 0 Å². The first-order valence-corrected chi connectivity index (χ1v) is 7.42. The van der Waals surface area contributed by atoms with Gasteiger partial charge in [0.1, 0.15) is 12.4 Å². The van der Waals surface area contributed by atoms with Gasteiger partial charge in [0.25, 0.3) is 0 Å². The number of ether oxygens (including phenoxy) is 1. The largest absolute Gasteiger partial charge is 0.488 e. The maximum atomic E-state index is 6.10. The van der Waals surface area contributed by atoms with Crippen molar-refractivity contribution in [3.8, 4) is 5.75 Å². The second kappa shape index (κ2) is 6.92. The Morgan fingerprint density at radius 3 is 2.52 bits per heavy atom. The molecule has 1 aromatic carbocycles. The lowest BCUT2D eigenvalue weighted by molar-refractivity contribution is 0.302. The molecule has 0 bridgehead atoms. The van der Waals surface area contributed by atoms with Crippen LogP contribution in [0.25, 0.3) is 0 Å². The van der Waals surface area contributed by atoms with Crippen molar-refractivity contribution in [3.05, 3.63) is 57.9 Å². The van der Waals surface area contributed by atoms with Crippen LogP contribution in [0.1, 0.15) is 29.2 Å². The zero-order valence-corrected chi connectivity index (χ0v) is 13.4. The fourth-order valence-corrected chi connectivity index (χ4v) is 2.60. The zero-order valence-electron chi connectivity index (χ0n) is 12.7. The van der Waals surface area contributed by atoms with E-state index >= 15 is 0 Å². The van der Waals surface area contributed by atoms with E-state index in [1.807, 2.05) is 13.0 Å². The van der Waals surface area contributed by atoms with Crippen molar-refractivity contribution in [2.24, 2.45) is 5.73 Å². The summed E-state index contributed by atoms with van der Waals surface area (Å²) >= 11 is 6.10. The predicted molar refractivity (Wildman–Crippen MR) is 86.8 cm³/mol. The Morgan fingerprint density at radius 1 is 1.29 bits per heavy atom. The van der Waals surface area contributed by atoms with Crippen LogP contribution in [0.15, 0.2) is 30.6 Å². The fourth-order valence-electron chi connectivity index (χ4n) is 2.43. The van der Waals surface area contributed by atoms with Gasteiger partial charge in [0, 0.05) is 24.0 Å². The van der Waals surface area contributed by atoms with Gasteiger partial charge in [0.05, 0.1) is 5.02 Å². The molecule has 0 amide bonds. The summed E-state index contributed by atoms with van der Waals surface area (Å²) in [5.74, 6) is 0.913. The Hall–Kier alpha value is -1.58. The van der Waals surface area contributed by atoms with Crippen molar-refractivity contribution in [3.63, 3.8) is 0 Å². The smallest absolute Gasteiger partial charge is 0.125 e. The number of benzene rings is 1. The summed E-state index contributed by atoms with van der Waals surface area (Å²) in [4.78, 5) is 3.97. The third-order valence-corrected chi connectivity index (χ3v) is 3.65. The van der Waals surface area contributed by atoms with Gasteiger partial charge in [-0.2, -0.15) is 0 Å². The Labute approximate surface area is 131 Å². The molecule has 0 radical (unpaired) electrons. The van der Waals surface area contributed by atoms with Gasteiger partial charge in [-0.05, 0) is 49.9 Å². The average molecular weight is 305 g/mol. The summed E-state index contributed by atoms with van der Waals surface area (Å²) in [5, 5.41) is 0.626. The van der Waals surface area contributed by atoms with E-state index in [1.165, 1.54) is 5.56 Å². The highest BCUT2D eigenvalue weighted by atomic mass is 35.5. The SMILES string of the molecule is Cc1cc(CC(C)N)cc(C)c1OCc1ccncc1Cl. The molecule has 112 valence electrons. The molecule has 21 heavy (non-hydrogen) atoms. The van der Waals surface area contributed by atoms with E-state index in [-0.39, 0.29) is 6.04 Å². The topological polar surface area (TPSA) is 48.1 Å². The normalized spacial score (nSPS) is 12.2. The van der Waals surface area contributed by atoms with E-state index in [2.05, 4.69) is 31.0 Å². The molecule has 1 atom stereocenters. The number of halogens is 1. The van der Waals surface area contributed by atoms with E-state index in [0.29, 0.717) is 11.6 Å². The van der Waals surface area contributed by atoms with Crippen LogP contribution < -0.4 is 10.5 Å². The number of hydrogen-bond donors (Lipinski definition) is 1. The molecule has 3 nitrogen and oxygen atoms in total. The summed E-state index contributed by atoms with van der Waals surface area (Å²) in [7, 11) is 0. The molecule has 2 aromatic rings. The number of aryl methyl sites for hydroxylation is 2. The molecule has 2 rings (SSSR count). The number of aromatic nitrogens is 1. The molecule has 0 fully saturated rings. The second-order valence-corrected chi connectivity index (χ2v) is 5.90. The van der Waals surface area contributed by atoms with Gasteiger partial charge in [-0.1, -0.05) is 23.7 Å². The maximum absolute atomic E-state index is 6.10. The van der Waals surface area contributed by atoms with Gasteiger partial charge in [-0.25, -0.2) is 0 Å². The first kappa shape index (κ1) is 15.8. The minimum Gasteiger partial charge on any atom is -0.488 e. The average Bonchev–Trinajstić information content (AvgIpc) is 2.39. The number of pyridine rings is 1. The molecule has 1 aromatic heterocycles.